The summed E-state index contributed by atoms with van der Waals surface area (Å²) in [7, 11) is 0. The van der Waals surface area contributed by atoms with Crippen molar-refractivity contribution in [1.29, 1.82) is 0 Å². The molecule has 26 heavy (non-hydrogen) atoms. The molecular weight excluding hydrogens is 339 g/mol. The Kier molecular flexibility index (Phi) is 4.24. The van der Waals surface area contributed by atoms with Crippen LogP contribution in [0.2, 0.25) is 0 Å². The van der Waals surface area contributed by atoms with Crippen molar-refractivity contribution in [2.24, 2.45) is 0 Å². The predicted octanol–water partition coefficient (Wildman–Crippen LogP) is 3.50. The van der Waals surface area contributed by atoms with Crippen molar-refractivity contribution in [3.05, 3.63) is 35.9 Å². The summed E-state index contributed by atoms with van der Waals surface area (Å²) >= 11 is 0. The Labute approximate surface area is 148 Å². The van der Waals surface area contributed by atoms with Crippen LogP contribution in [0.5, 0.6) is 0 Å². The number of carboxylic acids is 1. The highest BCUT2D eigenvalue weighted by atomic mass is 19.1. The van der Waals surface area contributed by atoms with Gasteiger partial charge in [0.05, 0.1) is 0 Å². The van der Waals surface area contributed by atoms with Crippen molar-refractivity contribution in [2.45, 2.75) is 25.7 Å². The van der Waals surface area contributed by atoms with Crippen molar-refractivity contribution in [3.8, 4) is 11.3 Å². The Bertz CT molecular complexity index is 947. The van der Waals surface area contributed by atoms with E-state index in [0.29, 0.717) is 22.5 Å². The van der Waals surface area contributed by atoms with Crippen molar-refractivity contribution in [2.75, 3.05) is 18.0 Å². The van der Waals surface area contributed by atoms with Crippen LogP contribution >= 0.6 is 0 Å². The van der Waals surface area contributed by atoms with Crippen LogP contribution in [0.3, 0.4) is 0 Å². The number of rotatable bonds is 3. The maximum atomic E-state index is 13.3. The minimum atomic E-state index is -1.22. The first-order chi connectivity index (χ1) is 12.6. The summed E-state index contributed by atoms with van der Waals surface area (Å²) in [5, 5.41) is 13.9. The number of hydrogen-bond acceptors (Lipinski definition) is 6. The molecule has 1 N–H and O–H groups in total. The van der Waals surface area contributed by atoms with E-state index in [4.69, 9.17) is 4.52 Å². The van der Waals surface area contributed by atoms with Gasteiger partial charge in [0.25, 0.3) is 5.71 Å². The van der Waals surface area contributed by atoms with Gasteiger partial charge in [0, 0.05) is 18.7 Å². The molecule has 1 aromatic carbocycles. The van der Waals surface area contributed by atoms with E-state index in [1.54, 1.807) is 12.1 Å². The molecule has 0 saturated carbocycles. The van der Waals surface area contributed by atoms with Crippen molar-refractivity contribution < 1.29 is 18.8 Å². The number of fused-ring (bicyclic) bond motifs is 1. The molecule has 0 radical (unpaired) electrons. The Morgan fingerprint density at radius 2 is 1.77 bits per heavy atom. The first-order valence-corrected chi connectivity index (χ1v) is 8.55. The van der Waals surface area contributed by atoms with Crippen molar-refractivity contribution in [3.63, 3.8) is 0 Å². The normalized spacial score (nSPS) is 15.2. The highest BCUT2D eigenvalue weighted by molar-refractivity contribution is 6.00. The molecule has 0 bridgehead atoms. The zero-order valence-corrected chi connectivity index (χ0v) is 14.0. The molecule has 1 aliphatic heterocycles. The summed E-state index contributed by atoms with van der Waals surface area (Å²) in [6.45, 7) is 1.55. The quantitative estimate of drug-likeness (QED) is 0.768. The van der Waals surface area contributed by atoms with Crippen LogP contribution < -0.4 is 4.90 Å². The topological polar surface area (TPSA) is 92.3 Å². The molecule has 0 spiro atoms. The van der Waals surface area contributed by atoms with Crippen LogP contribution in [-0.2, 0) is 0 Å². The van der Waals surface area contributed by atoms with Gasteiger partial charge in [0.1, 0.15) is 22.7 Å². The highest BCUT2D eigenvalue weighted by Crippen LogP contribution is 2.34. The van der Waals surface area contributed by atoms with Gasteiger partial charge in [-0.2, -0.15) is 4.98 Å². The van der Waals surface area contributed by atoms with E-state index in [1.807, 2.05) is 0 Å². The molecule has 2 aromatic heterocycles. The summed E-state index contributed by atoms with van der Waals surface area (Å²) in [6.07, 6.45) is 4.27. The first-order valence-electron chi connectivity index (χ1n) is 8.55. The Hall–Kier alpha value is -3.03. The zero-order chi connectivity index (χ0) is 18.1. The molecule has 0 unspecified atom stereocenters. The van der Waals surface area contributed by atoms with E-state index in [1.165, 1.54) is 12.1 Å². The molecule has 134 valence electrons. The SMILES string of the molecule is O=C(O)c1nc(N2CCCCCC2)c2c(-c3ccc(F)cc3)noc2n1. The smallest absolute Gasteiger partial charge is 0.374 e. The average molecular weight is 356 g/mol. The van der Waals surface area contributed by atoms with Gasteiger partial charge >= 0.3 is 5.97 Å². The van der Waals surface area contributed by atoms with Gasteiger partial charge in [-0.25, -0.2) is 14.2 Å². The number of carboxylic acid groups (broad SMARTS) is 1. The van der Waals surface area contributed by atoms with Gasteiger partial charge in [-0.05, 0) is 37.1 Å². The largest absolute Gasteiger partial charge is 0.475 e. The highest BCUT2D eigenvalue weighted by Gasteiger charge is 2.25. The van der Waals surface area contributed by atoms with E-state index in [2.05, 4.69) is 20.0 Å². The maximum absolute atomic E-state index is 13.3. The predicted molar refractivity (Wildman–Crippen MR) is 92.6 cm³/mol. The average Bonchev–Trinajstić information content (AvgIpc) is 2.88. The van der Waals surface area contributed by atoms with E-state index in [-0.39, 0.29) is 17.4 Å². The number of benzene rings is 1. The monoisotopic (exact) mass is 356 g/mol. The summed E-state index contributed by atoms with van der Waals surface area (Å²) in [5.74, 6) is -1.38. The molecule has 3 heterocycles. The molecule has 4 rings (SSSR count). The molecule has 7 nitrogen and oxygen atoms in total. The van der Waals surface area contributed by atoms with Crippen LogP contribution in [0.15, 0.2) is 28.8 Å². The fourth-order valence-corrected chi connectivity index (χ4v) is 3.25. The number of anilines is 1. The second-order valence-electron chi connectivity index (χ2n) is 6.30. The maximum Gasteiger partial charge on any atom is 0.374 e. The molecule has 0 atom stereocenters. The number of aromatic carboxylic acids is 1. The van der Waals surface area contributed by atoms with E-state index < -0.39 is 5.97 Å². The summed E-state index contributed by atoms with van der Waals surface area (Å²) in [4.78, 5) is 21.7. The summed E-state index contributed by atoms with van der Waals surface area (Å²) in [6, 6.07) is 5.88. The molecule has 0 aliphatic carbocycles. The van der Waals surface area contributed by atoms with Crippen molar-refractivity contribution >= 4 is 22.9 Å². The Morgan fingerprint density at radius 1 is 1.08 bits per heavy atom. The number of carbonyl (C=O) groups is 1. The van der Waals surface area contributed by atoms with Crippen LogP contribution in [0.1, 0.15) is 36.3 Å². The van der Waals surface area contributed by atoms with Crippen LogP contribution in [0.4, 0.5) is 10.2 Å². The fourth-order valence-electron chi connectivity index (χ4n) is 3.25. The standard InChI is InChI=1S/C18H17FN4O3/c19-12-7-5-11(6-8-12)14-13-16(23-9-3-1-2-4-10-23)20-15(18(24)25)21-17(13)26-22-14/h5-8H,1-4,9-10H2,(H,24,25). The minimum Gasteiger partial charge on any atom is -0.475 e. The molecular formula is C18H17FN4O3. The molecule has 3 aromatic rings. The fraction of sp³-hybridized carbons (Fsp3) is 0.333. The lowest BCUT2D eigenvalue weighted by Crippen LogP contribution is -2.26. The van der Waals surface area contributed by atoms with Gasteiger partial charge in [-0.15, -0.1) is 0 Å². The van der Waals surface area contributed by atoms with E-state index in [9.17, 15) is 14.3 Å². The van der Waals surface area contributed by atoms with Gasteiger partial charge < -0.3 is 14.5 Å². The first kappa shape index (κ1) is 16.4. The van der Waals surface area contributed by atoms with Gasteiger partial charge in [0.2, 0.25) is 5.82 Å². The molecule has 1 saturated heterocycles. The number of nitrogens with zero attached hydrogens (tertiary/aromatic N) is 4. The lowest BCUT2D eigenvalue weighted by Gasteiger charge is -2.22. The third-order valence-electron chi connectivity index (χ3n) is 4.53. The summed E-state index contributed by atoms with van der Waals surface area (Å²) in [5.41, 5.74) is 1.26. The second-order valence-corrected chi connectivity index (χ2v) is 6.30. The van der Waals surface area contributed by atoms with E-state index in [0.717, 1.165) is 38.8 Å². The number of aromatic nitrogens is 3. The minimum absolute atomic E-state index is 0.121. The Balaban J connectivity index is 1.92. The van der Waals surface area contributed by atoms with Gasteiger partial charge in [0.15, 0.2) is 0 Å². The molecule has 8 heteroatoms. The van der Waals surface area contributed by atoms with Gasteiger partial charge in [-0.3, -0.25) is 0 Å². The van der Waals surface area contributed by atoms with Crippen LogP contribution in [0, 0.1) is 5.82 Å². The van der Waals surface area contributed by atoms with E-state index >= 15 is 0 Å². The second kappa shape index (κ2) is 6.70. The number of halogens is 1. The third kappa shape index (κ3) is 2.98. The Morgan fingerprint density at radius 3 is 2.42 bits per heavy atom. The summed E-state index contributed by atoms with van der Waals surface area (Å²) < 4.78 is 18.6. The zero-order valence-electron chi connectivity index (χ0n) is 14.0. The molecule has 0 amide bonds. The third-order valence-corrected chi connectivity index (χ3v) is 4.53. The van der Waals surface area contributed by atoms with Crippen LogP contribution in [-0.4, -0.2) is 39.3 Å². The van der Waals surface area contributed by atoms with Crippen LogP contribution in [0.25, 0.3) is 22.4 Å². The van der Waals surface area contributed by atoms with Gasteiger partial charge in [-0.1, -0.05) is 18.0 Å². The molecule has 1 aliphatic rings. The van der Waals surface area contributed by atoms with Crippen molar-refractivity contribution in [1.82, 2.24) is 15.1 Å². The number of hydrogen-bond donors (Lipinski definition) is 1. The lowest BCUT2D eigenvalue weighted by atomic mass is 10.1. The lowest BCUT2D eigenvalue weighted by molar-refractivity contribution is 0.0683. The molecule has 1 fully saturated rings.